The Morgan fingerprint density at radius 2 is 1.21 bits per heavy atom. The van der Waals surface area contributed by atoms with Crippen molar-refractivity contribution >= 4 is 7.60 Å². The quantitative estimate of drug-likeness (QED) is 0.432. The average molecular weight is 405 g/mol. The van der Waals surface area contributed by atoms with Gasteiger partial charge in [0.25, 0.3) is 0 Å². The van der Waals surface area contributed by atoms with E-state index in [-0.39, 0.29) is 6.04 Å². The van der Waals surface area contributed by atoms with Gasteiger partial charge in [0.1, 0.15) is 0 Å². The van der Waals surface area contributed by atoms with Crippen molar-refractivity contribution in [2.45, 2.75) is 11.8 Å². The molecule has 3 aromatic rings. The Morgan fingerprint density at radius 3 is 1.66 bits per heavy atom. The second-order valence-electron chi connectivity index (χ2n) is 6.36. The van der Waals surface area contributed by atoms with E-state index in [1.165, 1.54) is 14.2 Å². The van der Waals surface area contributed by atoms with Gasteiger partial charge in [-0.05, 0) is 23.3 Å². The molecule has 0 saturated carbocycles. The summed E-state index contributed by atoms with van der Waals surface area (Å²) in [7, 11) is -0.751. The highest BCUT2D eigenvalue weighted by molar-refractivity contribution is 7.54. The molecule has 0 bridgehead atoms. The molecule has 0 radical (unpaired) electrons. The molecule has 0 heterocycles. The molecule has 148 valence electrons. The third-order valence-corrected chi connectivity index (χ3v) is 6.47. The molecule has 3 aromatic carbocycles. The van der Waals surface area contributed by atoms with Crippen molar-refractivity contribution in [1.29, 1.82) is 0 Å². The van der Waals surface area contributed by atoms with E-state index in [2.05, 4.69) is 17.2 Å². The molecule has 5 heteroatoms. The maximum Gasteiger partial charge on any atom is 0.359 e. The fraction of sp³-hybridized carbons (Fsp3) is 0.167. The molecule has 0 fully saturated rings. The van der Waals surface area contributed by atoms with Gasteiger partial charge in [0.05, 0.1) is 6.04 Å². The van der Waals surface area contributed by atoms with Gasteiger partial charge in [-0.15, -0.1) is 0 Å². The minimum Gasteiger partial charge on any atom is -0.310 e. The van der Waals surface area contributed by atoms with E-state index in [0.717, 1.165) is 16.7 Å². The summed E-state index contributed by atoms with van der Waals surface area (Å²) in [6.45, 7) is 0. The van der Waals surface area contributed by atoms with E-state index in [0.29, 0.717) is 0 Å². The van der Waals surface area contributed by atoms with Crippen LogP contribution < -0.4 is 5.32 Å². The van der Waals surface area contributed by atoms with Gasteiger partial charge >= 0.3 is 7.60 Å². The van der Waals surface area contributed by atoms with Crippen LogP contribution in [0.25, 0.3) is 0 Å². The lowest BCUT2D eigenvalue weighted by Crippen LogP contribution is -2.33. The number of hydrogen-bond acceptors (Lipinski definition) is 4. The molecule has 3 rings (SSSR count). The summed E-state index contributed by atoms with van der Waals surface area (Å²) in [6, 6.07) is 29.3. The van der Waals surface area contributed by atoms with Crippen LogP contribution in [0.15, 0.2) is 91.0 Å². The number of hydrogen-bond donors (Lipinski definition) is 1. The second-order valence-corrected chi connectivity index (χ2v) is 8.69. The molecule has 1 unspecified atom stereocenters. The lowest BCUT2D eigenvalue weighted by molar-refractivity contribution is 0.265. The van der Waals surface area contributed by atoms with Gasteiger partial charge in [-0.3, -0.25) is 9.88 Å². The minimum atomic E-state index is -3.51. The van der Waals surface area contributed by atoms with Crippen molar-refractivity contribution in [1.82, 2.24) is 5.32 Å². The normalized spacial score (nSPS) is 12.2. The summed E-state index contributed by atoms with van der Waals surface area (Å²) in [5.74, 6) is 5.34. The van der Waals surface area contributed by atoms with E-state index in [9.17, 15) is 4.57 Å². The van der Waals surface area contributed by atoms with Gasteiger partial charge in [0, 0.05) is 19.8 Å². The minimum absolute atomic E-state index is 0.230. The van der Waals surface area contributed by atoms with Crippen LogP contribution in [0, 0.1) is 11.8 Å². The molecule has 0 aliphatic heterocycles. The van der Waals surface area contributed by atoms with Crippen molar-refractivity contribution in [3.8, 4) is 11.8 Å². The highest BCUT2D eigenvalue weighted by Gasteiger charge is 2.35. The maximum absolute atomic E-state index is 13.3. The van der Waals surface area contributed by atoms with E-state index >= 15 is 0 Å². The third kappa shape index (κ3) is 5.44. The molecule has 0 amide bonds. The molecule has 29 heavy (non-hydrogen) atoms. The predicted octanol–water partition coefficient (Wildman–Crippen LogP) is 5.23. The van der Waals surface area contributed by atoms with Crippen LogP contribution >= 0.6 is 7.60 Å². The summed E-state index contributed by atoms with van der Waals surface area (Å²) in [5, 5.41) is 3.41. The zero-order valence-corrected chi connectivity index (χ0v) is 17.4. The van der Waals surface area contributed by atoms with Crippen LogP contribution in [0.5, 0.6) is 0 Å². The molecule has 0 aliphatic carbocycles. The third-order valence-electron chi connectivity index (χ3n) is 4.54. The van der Waals surface area contributed by atoms with E-state index in [4.69, 9.17) is 9.05 Å². The van der Waals surface area contributed by atoms with Gasteiger partial charge < -0.3 is 9.05 Å². The standard InChI is InChI=1S/C24H24NO3P/c1-27-29(26,28-2)23(19-18-20-12-6-3-7-13-20)25-24(21-14-8-4-9-15-21)22-16-10-5-11-17-22/h3-17,23-25H,1-2H3. The van der Waals surface area contributed by atoms with E-state index in [1.54, 1.807) is 0 Å². The van der Waals surface area contributed by atoms with Crippen molar-refractivity contribution < 1.29 is 13.6 Å². The Hall–Kier alpha value is -2.67. The van der Waals surface area contributed by atoms with Crippen molar-refractivity contribution in [2.75, 3.05) is 14.2 Å². The summed E-state index contributed by atoms with van der Waals surface area (Å²) in [5.41, 5.74) is 2.89. The Bertz CT molecular complexity index is 950. The molecule has 0 saturated heterocycles. The maximum atomic E-state index is 13.3. The summed E-state index contributed by atoms with van der Waals surface area (Å²) in [4.78, 5) is 0. The van der Waals surface area contributed by atoms with Crippen LogP contribution in [0.4, 0.5) is 0 Å². The number of nitrogens with one attached hydrogen (secondary N) is 1. The fourth-order valence-electron chi connectivity index (χ4n) is 3.00. The van der Waals surface area contributed by atoms with E-state index in [1.807, 2.05) is 91.0 Å². The molecule has 1 N–H and O–H groups in total. The zero-order valence-electron chi connectivity index (χ0n) is 16.5. The first kappa shape index (κ1) is 21.0. The fourth-order valence-corrected chi connectivity index (χ4v) is 4.13. The summed E-state index contributed by atoms with van der Waals surface area (Å²) in [6.07, 6.45) is 0. The summed E-state index contributed by atoms with van der Waals surface area (Å²) >= 11 is 0. The van der Waals surface area contributed by atoms with Crippen molar-refractivity contribution in [2.24, 2.45) is 0 Å². The largest absolute Gasteiger partial charge is 0.359 e. The van der Waals surface area contributed by atoms with E-state index < -0.39 is 13.4 Å². The van der Waals surface area contributed by atoms with Gasteiger partial charge in [-0.25, -0.2) is 0 Å². The molecular formula is C24H24NO3P. The molecule has 0 spiro atoms. The highest BCUT2D eigenvalue weighted by Crippen LogP contribution is 2.51. The second kappa shape index (κ2) is 10.2. The van der Waals surface area contributed by atoms with Crippen LogP contribution in [-0.4, -0.2) is 20.0 Å². The first-order chi connectivity index (χ1) is 14.2. The molecular weight excluding hydrogens is 381 g/mol. The van der Waals surface area contributed by atoms with Crippen LogP contribution in [0.3, 0.4) is 0 Å². The lowest BCUT2D eigenvalue weighted by Gasteiger charge is -2.27. The molecule has 0 aliphatic rings. The highest BCUT2D eigenvalue weighted by atomic mass is 31.2. The zero-order chi connectivity index (χ0) is 20.5. The number of rotatable bonds is 7. The monoisotopic (exact) mass is 405 g/mol. The number of benzene rings is 3. The van der Waals surface area contributed by atoms with Gasteiger partial charge in [0.2, 0.25) is 0 Å². The van der Waals surface area contributed by atoms with Crippen molar-refractivity contribution in [3.05, 3.63) is 108 Å². The van der Waals surface area contributed by atoms with Crippen LogP contribution in [0.2, 0.25) is 0 Å². The Kier molecular flexibility index (Phi) is 7.41. The first-order valence-corrected chi connectivity index (χ1v) is 10.9. The lowest BCUT2D eigenvalue weighted by atomic mass is 9.99. The SMILES string of the molecule is COP(=O)(OC)C(C#Cc1ccccc1)NC(c1ccccc1)c1ccccc1. The predicted molar refractivity (Wildman–Crippen MR) is 117 cm³/mol. The molecule has 0 aromatic heterocycles. The average Bonchev–Trinajstić information content (AvgIpc) is 2.80. The van der Waals surface area contributed by atoms with Gasteiger partial charge in [0.15, 0.2) is 5.78 Å². The smallest absolute Gasteiger partial charge is 0.310 e. The Balaban J connectivity index is 2.01. The van der Waals surface area contributed by atoms with Gasteiger partial charge in [-0.2, -0.15) is 0 Å². The summed E-state index contributed by atoms with van der Waals surface area (Å²) < 4.78 is 23.8. The Morgan fingerprint density at radius 1 is 0.759 bits per heavy atom. The van der Waals surface area contributed by atoms with Crippen LogP contribution in [0.1, 0.15) is 22.7 Å². The van der Waals surface area contributed by atoms with Gasteiger partial charge in [-0.1, -0.05) is 90.7 Å². The van der Waals surface area contributed by atoms with Crippen LogP contribution in [-0.2, 0) is 13.6 Å². The van der Waals surface area contributed by atoms with Crippen molar-refractivity contribution in [3.63, 3.8) is 0 Å². The molecule has 4 nitrogen and oxygen atoms in total. The Labute approximate surface area is 172 Å². The first-order valence-electron chi connectivity index (χ1n) is 9.30. The molecule has 1 atom stereocenters. The topological polar surface area (TPSA) is 47.6 Å².